The lowest BCUT2D eigenvalue weighted by molar-refractivity contribution is 0.269. The van der Waals surface area contributed by atoms with Crippen molar-refractivity contribution in [2.45, 2.75) is 66.3 Å². The first-order chi connectivity index (χ1) is 6.63. The Labute approximate surface area is 90.7 Å². The van der Waals surface area contributed by atoms with Gasteiger partial charge < -0.3 is 5.32 Å². The fraction of sp³-hybridized carbons (Fsp3) is 1.00. The van der Waals surface area contributed by atoms with E-state index < -0.39 is 0 Å². The van der Waals surface area contributed by atoms with Crippen LogP contribution in [0, 0.1) is 11.8 Å². The number of unbranched alkanes of at least 4 members (excludes halogenated alkanes) is 2. The van der Waals surface area contributed by atoms with Crippen molar-refractivity contribution in [1.82, 2.24) is 5.32 Å². The van der Waals surface area contributed by atoms with Crippen molar-refractivity contribution in [1.29, 1.82) is 0 Å². The van der Waals surface area contributed by atoms with Gasteiger partial charge in [0.2, 0.25) is 0 Å². The Kier molecular flexibility index (Phi) is 8.26. The average Bonchev–Trinajstić information content (AvgIpc) is 2.12. The van der Waals surface area contributed by atoms with Crippen LogP contribution in [0.25, 0.3) is 0 Å². The zero-order valence-electron chi connectivity index (χ0n) is 10.8. The van der Waals surface area contributed by atoms with Crippen LogP contribution in [0.4, 0.5) is 0 Å². The second-order valence-corrected chi connectivity index (χ2v) is 4.75. The van der Waals surface area contributed by atoms with E-state index in [4.69, 9.17) is 0 Å². The maximum Gasteiger partial charge on any atom is 0.00693 e. The maximum atomic E-state index is 3.55. The Morgan fingerprint density at radius 3 is 2.07 bits per heavy atom. The van der Waals surface area contributed by atoms with Gasteiger partial charge in [-0.15, -0.1) is 0 Å². The van der Waals surface area contributed by atoms with Crippen LogP contribution >= 0.6 is 0 Å². The number of nitrogens with one attached hydrogen (secondary N) is 1. The third-order valence-electron chi connectivity index (χ3n) is 3.17. The third kappa shape index (κ3) is 5.64. The summed E-state index contributed by atoms with van der Waals surface area (Å²) in [5.41, 5.74) is 0. The molecule has 0 saturated heterocycles. The standard InChI is InChI=1S/C13H29N/c1-6-8-9-10-13(11(3)4)12(5)14-7-2/h11-14H,6-10H2,1-5H3. The average molecular weight is 199 g/mol. The summed E-state index contributed by atoms with van der Waals surface area (Å²) >= 11 is 0. The first-order valence-corrected chi connectivity index (χ1v) is 6.36. The van der Waals surface area contributed by atoms with Crippen molar-refractivity contribution >= 4 is 0 Å². The monoisotopic (exact) mass is 199 g/mol. The van der Waals surface area contributed by atoms with Crippen LogP contribution in [-0.2, 0) is 0 Å². The Morgan fingerprint density at radius 2 is 1.64 bits per heavy atom. The highest BCUT2D eigenvalue weighted by Gasteiger charge is 2.19. The van der Waals surface area contributed by atoms with Gasteiger partial charge in [0.15, 0.2) is 0 Å². The van der Waals surface area contributed by atoms with Gasteiger partial charge in [-0.05, 0) is 31.7 Å². The van der Waals surface area contributed by atoms with Crippen LogP contribution in [0.3, 0.4) is 0 Å². The predicted octanol–water partition coefficient (Wildman–Crippen LogP) is 3.84. The van der Waals surface area contributed by atoms with Gasteiger partial charge >= 0.3 is 0 Å². The lowest BCUT2D eigenvalue weighted by atomic mass is 9.85. The van der Waals surface area contributed by atoms with E-state index in [9.17, 15) is 0 Å². The summed E-state index contributed by atoms with van der Waals surface area (Å²) in [5.74, 6) is 1.66. The molecule has 0 aliphatic carbocycles. The molecular weight excluding hydrogens is 170 g/mol. The lowest BCUT2D eigenvalue weighted by Crippen LogP contribution is -2.36. The van der Waals surface area contributed by atoms with Gasteiger partial charge in [-0.2, -0.15) is 0 Å². The molecule has 0 amide bonds. The molecule has 86 valence electrons. The van der Waals surface area contributed by atoms with E-state index in [-0.39, 0.29) is 0 Å². The summed E-state index contributed by atoms with van der Waals surface area (Å²) in [4.78, 5) is 0. The molecular formula is C13H29N. The van der Waals surface area contributed by atoms with Crippen molar-refractivity contribution in [2.75, 3.05) is 6.54 Å². The van der Waals surface area contributed by atoms with Crippen molar-refractivity contribution in [2.24, 2.45) is 11.8 Å². The highest BCUT2D eigenvalue weighted by molar-refractivity contribution is 4.74. The Balaban J connectivity index is 3.88. The van der Waals surface area contributed by atoms with Crippen molar-refractivity contribution in [3.8, 4) is 0 Å². The third-order valence-corrected chi connectivity index (χ3v) is 3.17. The second-order valence-electron chi connectivity index (χ2n) is 4.75. The molecule has 1 N–H and O–H groups in total. The molecule has 2 unspecified atom stereocenters. The van der Waals surface area contributed by atoms with E-state index in [0.29, 0.717) is 6.04 Å². The molecule has 1 nitrogen and oxygen atoms in total. The van der Waals surface area contributed by atoms with Gasteiger partial charge in [-0.3, -0.25) is 0 Å². The molecule has 2 atom stereocenters. The summed E-state index contributed by atoms with van der Waals surface area (Å²) in [6.07, 6.45) is 5.51. The normalized spacial score (nSPS) is 15.9. The lowest BCUT2D eigenvalue weighted by Gasteiger charge is -2.28. The zero-order valence-corrected chi connectivity index (χ0v) is 10.8. The molecule has 0 aromatic carbocycles. The summed E-state index contributed by atoms with van der Waals surface area (Å²) < 4.78 is 0. The molecule has 0 aromatic rings. The van der Waals surface area contributed by atoms with Gasteiger partial charge in [0, 0.05) is 6.04 Å². The minimum atomic E-state index is 0.678. The molecule has 0 aromatic heterocycles. The molecule has 0 aliphatic rings. The van der Waals surface area contributed by atoms with E-state index in [0.717, 1.165) is 18.4 Å². The van der Waals surface area contributed by atoms with Gasteiger partial charge in [0.1, 0.15) is 0 Å². The molecule has 0 bridgehead atoms. The molecule has 0 radical (unpaired) electrons. The van der Waals surface area contributed by atoms with Crippen LogP contribution < -0.4 is 5.32 Å². The minimum Gasteiger partial charge on any atom is -0.314 e. The Morgan fingerprint density at radius 1 is 1.00 bits per heavy atom. The van der Waals surface area contributed by atoms with Gasteiger partial charge in [-0.25, -0.2) is 0 Å². The summed E-state index contributed by atoms with van der Waals surface area (Å²) in [6, 6.07) is 0.678. The molecule has 0 rings (SSSR count). The van der Waals surface area contributed by atoms with Crippen molar-refractivity contribution in [3.63, 3.8) is 0 Å². The van der Waals surface area contributed by atoms with Crippen LogP contribution in [0.15, 0.2) is 0 Å². The quantitative estimate of drug-likeness (QED) is 0.586. The van der Waals surface area contributed by atoms with E-state index in [1.807, 2.05) is 0 Å². The molecule has 0 fully saturated rings. The van der Waals surface area contributed by atoms with Gasteiger partial charge in [0.25, 0.3) is 0 Å². The van der Waals surface area contributed by atoms with Crippen LogP contribution in [0.1, 0.15) is 60.3 Å². The molecule has 0 aliphatic heterocycles. The van der Waals surface area contributed by atoms with E-state index in [1.165, 1.54) is 25.7 Å². The zero-order chi connectivity index (χ0) is 11.0. The first kappa shape index (κ1) is 14.0. The molecule has 14 heavy (non-hydrogen) atoms. The molecule has 0 saturated carbocycles. The fourth-order valence-electron chi connectivity index (χ4n) is 2.26. The summed E-state index contributed by atoms with van der Waals surface area (Å²) in [6.45, 7) is 12.6. The van der Waals surface area contributed by atoms with Crippen molar-refractivity contribution in [3.05, 3.63) is 0 Å². The summed E-state index contributed by atoms with van der Waals surface area (Å²) in [7, 11) is 0. The Hall–Kier alpha value is -0.0400. The van der Waals surface area contributed by atoms with Crippen LogP contribution in [0.2, 0.25) is 0 Å². The highest BCUT2D eigenvalue weighted by atomic mass is 14.9. The predicted molar refractivity (Wildman–Crippen MR) is 65.6 cm³/mol. The smallest absolute Gasteiger partial charge is 0.00693 e. The van der Waals surface area contributed by atoms with Gasteiger partial charge in [0.05, 0.1) is 0 Å². The minimum absolute atomic E-state index is 0.678. The first-order valence-electron chi connectivity index (χ1n) is 6.36. The van der Waals surface area contributed by atoms with Gasteiger partial charge in [-0.1, -0.05) is 47.0 Å². The second kappa shape index (κ2) is 8.28. The SMILES string of the molecule is CCCCCC(C(C)C)C(C)NCC. The number of hydrogen-bond donors (Lipinski definition) is 1. The molecule has 0 heterocycles. The number of hydrogen-bond acceptors (Lipinski definition) is 1. The Bertz CT molecular complexity index is 120. The highest BCUT2D eigenvalue weighted by Crippen LogP contribution is 2.22. The van der Waals surface area contributed by atoms with E-state index in [1.54, 1.807) is 0 Å². The largest absolute Gasteiger partial charge is 0.314 e. The van der Waals surface area contributed by atoms with Crippen LogP contribution in [-0.4, -0.2) is 12.6 Å². The van der Waals surface area contributed by atoms with Crippen molar-refractivity contribution < 1.29 is 0 Å². The van der Waals surface area contributed by atoms with Crippen LogP contribution in [0.5, 0.6) is 0 Å². The summed E-state index contributed by atoms with van der Waals surface area (Å²) in [5, 5.41) is 3.55. The fourth-order valence-corrected chi connectivity index (χ4v) is 2.26. The molecule has 1 heteroatoms. The van der Waals surface area contributed by atoms with E-state index in [2.05, 4.69) is 39.9 Å². The number of rotatable bonds is 8. The topological polar surface area (TPSA) is 12.0 Å². The molecule has 0 spiro atoms. The van der Waals surface area contributed by atoms with E-state index >= 15 is 0 Å². The maximum absolute atomic E-state index is 3.55.